The molecule has 52 heavy (non-hydrogen) atoms. The number of hydrogen-bond donors (Lipinski definition) is 0. The molecule has 0 radical (unpaired) electrons. The first kappa shape index (κ1) is 37.1. The summed E-state index contributed by atoms with van der Waals surface area (Å²) in [7, 11) is 0. The summed E-state index contributed by atoms with van der Waals surface area (Å²) in [5.41, 5.74) is 2.43. The third kappa shape index (κ3) is 9.38. The summed E-state index contributed by atoms with van der Waals surface area (Å²) >= 11 is 0. The van der Waals surface area contributed by atoms with Gasteiger partial charge in [-0.15, -0.1) is 0 Å². The van der Waals surface area contributed by atoms with Gasteiger partial charge in [0.15, 0.2) is 0 Å². The summed E-state index contributed by atoms with van der Waals surface area (Å²) in [4.78, 5) is 21.3. The van der Waals surface area contributed by atoms with Crippen LogP contribution in [0.1, 0.15) is 114 Å². The average molecular weight is 705 g/mol. The lowest BCUT2D eigenvalue weighted by molar-refractivity contribution is -0.385. The lowest BCUT2D eigenvalue weighted by Crippen LogP contribution is -2.35. The zero-order valence-corrected chi connectivity index (χ0v) is 30.4. The van der Waals surface area contributed by atoms with Gasteiger partial charge in [-0.2, -0.15) is 0 Å². The van der Waals surface area contributed by atoms with Crippen LogP contribution in [-0.4, -0.2) is 9.85 Å². The van der Waals surface area contributed by atoms with Crippen LogP contribution in [0, 0.1) is 38.0 Å². The second-order valence-corrected chi connectivity index (χ2v) is 15.0. The van der Waals surface area contributed by atoms with Crippen LogP contribution in [0.5, 0.6) is 23.0 Å². The molecule has 0 aromatic heterocycles. The summed E-state index contributed by atoms with van der Waals surface area (Å²) in [5, 5.41) is 22.1. The first-order valence-electron chi connectivity index (χ1n) is 19.4. The van der Waals surface area contributed by atoms with E-state index >= 15 is 0 Å². The molecule has 2 aliphatic carbocycles. The van der Waals surface area contributed by atoms with Gasteiger partial charge in [0.05, 0.1) is 9.85 Å². The van der Waals surface area contributed by atoms with Gasteiger partial charge in [-0.3, -0.25) is 20.2 Å². The number of rotatable bonds is 16. The van der Waals surface area contributed by atoms with E-state index in [1.54, 1.807) is 24.3 Å². The Morgan fingerprint density at radius 2 is 0.923 bits per heavy atom. The van der Waals surface area contributed by atoms with Gasteiger partial charge in [0.25, 0.3) is 11.4 Å². The van der Waals surface area contributed by atoms with Gasteiger partial charge in [0.2, 0.25) is 0 Å². The second-order valence-electron chi connectivity index (χ2n) is 15.0. The molecule has 0 spiro atoms. The van der Waals surface area contributed by atoms with E-state index in [1.807, 2.05) is 24.3 Å². The van der Waals surface area contributed by atoms with Crippen LogP contribution in [0.25, 0.3) is 0 Å². The average Bonchev–Trinajstić information content (AvgIpc) is 3.17. The molecule has 0 N–H and O–H groups in total. The summed E-state index contributed by atoms with van der Waals surface area (Å²) in [6.45, 7) is 2.28. The lowest BCUT2D eigenvalue weighted by Gasteiger charge is -2.44. The fourth-order valence-corrected chi connectivity index (χ4v) is 8.74. The molecule has 2 aliphatic rings. The number of unbranched alkanes of at least 4 members (excludes halogenated alkanes) is 5. The number of nitro benzene ring substituents is 2. The Morgan fingerprint density at radius 1 is 0.538 bits per heavy atom. The van der Waals surface area contributed by atoms with Crippen molar-refractivity contribution < 1.29 is 19.3 Å². The summed E-state index contributed by atoms with van der Waals surface area (Å²) in [6, 6.07) is 29.0. The number of benzene rings is 4. The van der Waals surface area contributed by atoms with Gasteiger partial charge in [0.1, 0.15) is 23.0 Å². The maximum atomic E-state index is 11.1. The van der Waals surface area contributed by atoms with Crippen molar-refractivity contribution in [2.24, 2.45) is 17.8 Å². The minimum absolute atomic E-state index is 0.0330. The van der Waals surface area contributed by atoms with E-state index in [0.717, 1.165) is 30.6 Å². The van der Waals surface area contributed by atoms with Crippen molar-refractivity contribution in [1.29, 1.82) is 0 Å². The van der Waals surface area contributed by atoms with Gasteiger partial charge in [-0.1, -0.05) is 89.0 Å². The summed E-state index contributed by atoms with van der Waals surface area (Å²) in [5.74, 6) is 4.99. The molecule has 274 valence electrons. The van der Waals surface area contributed by atoms with Crippen molar-refractivity contribution in [2.45, 2.75) is 109 Å². The van der Waals surface area contributed by atoms with Crippen molar-refractivity contribution in [3.63, 3.8) is 0 Å². The van der Waals surface area contributed by atoms with E-state index in [0.29, 0.717) is 23.0 Å². The second kappa shape index (κ2) is 17.7. The van der Waals surface area contributed by atoms with Crippen LogP contribution in [-0.2, 0) is 5.41 Å². The van der Waals surface area contributed by atoms with Crippen molar-refractivity contribution in [2.75, 3.05) is 0 Å². The number of ether oxygens (including phenoxy) is 2. The zero-order chi connectivity index (χ0) is 36.3. The van der Waals surface area contributed by atoms with Crippen molar-refractivity contribution >= 4 is 11.4 Å². The standard InChI is InChI=1S/C44H52N2O6/c1-2-3-4-5-6-7-8-33-9-11-34(12-10-33)35-29-31-44(32-30-35,36-13-21-40(22-14-36)51-42-25-17-38(18-26-42)45(47)48)37-15-23-41(24-16-37)52-43-27-19-39(20-28-43)46(49)50/h13-28,33-35H,2-12,29-32H2,1H3/t33-,34-. The molecule has 4 aromatic rings. The molecule has 0 saturated heterocycles. The third-order valence-electron chi connectivity index (χ3n) is 11.8. The maximum Gasteiger partial charge on any atom is 0.269 e. The minimum atomic E-state index is -0.413. The smallest absolute Gasteiger partial charge is 0.269 e. The molecule has 0 bridgehead atoms. The number of nitrogens with zero attached hydrogens (tertiary/aromatic N) is 2. The van der Waals surface area contributed by atoms with Crippen LogP contribution in [0.15, 0.2) is 97.1 Å². The number of nitro groups is 2. The van der Waals surface area contributed by atoms with Crippen molar-refractivity contribution in [3.8, 4) is 23.0 Å². The van der Waals surface area contributed by atoms with Crippen LogP contribution in [0.4, 0.5) is 11.4 Å². The highest BCUT2D eigenvalue weighted by Gasteiger charge is 2.41. The van der Waals surface area contributed by atoms with Gasteiger partial charge in [-0.25, -0.2) is 0 Å². The Morgan fingerprint density at radius 3 is 1.35 bits per heavy atom. The molecular weight excluding hydrogens is 652 g/mol. The topological polar surface area (TPSA) is 105 Å². The van der Waals surface area contributed by atoms with E-state index in [1.165, 1.54) is 119 Å². The first-order chi connectivity index (χ1) is 25.3. The minimum Gasteiger partial charge on any atom is -0.457 e. The maximum absolute atomic E-state index is 11.1. The molecule has 0 aliphatic heterocycles. The normalized spacial score (nSPS) is 18.8. The predicted molar refractivity (Wildman–Crippen MR) is 205 cm³/mol. The van der Waals surface area contributed by atoms with Crippen LogP contribution in [0.2, 0.25) is 0 Å². The van der Waals surface area contributed by atoms with Crippen LogP contribution < -0.4 is 9.47 Å². The predicted octanol–water partition coefficient (Wildman–Crippen LogP) is 13.1. The highest BCUT2D eigenvalue weighted by Crippen LogP contribution is 2.51. The Labute approximate surface area is 307 Å². The molecule has 6 rings (SSSR count). The lowest BCUT2D eigenvalue weighted by atomic mass is 9.60. The Bertz CT molecular complexity index is 1620. The fraction of sp³-hybridized carbons (Fsp3) is 0.455. The van der Waals surface area contributed by atoms with Crippen molar-refractivity contribution in [1.82, 2.24) is 0 Å². The largest absolute Gasteiger partial charge is 0.457 e. The molecule has 0 atom stereocenters. The first-order valence-corrected chi connectivity index (χ1v) is 19.4. The fourth-order valence-electron chi connectivity index (χ4n) is 8.74. The van der Waals surface area contributed by atoms with Gasteiger partial charge >= 0.3 is 0 Å². The van der Waals surface area contributed by atoms with Gasteiger partial charge in [-0.05, 0) is 116 Å². The molecule has 0 unspecified atom stereocenters. The summed E-state index contributed by atoms with van der Waals surface area (Å²) in [6.07, 6.45) is 19.8. The van der Waals surface area contributed by atoms with E-state index < -0.39 is 9.85 Å². The van der Waals surface area contributed by atoms with E-state index in [9.17, 15) is 20.2 Å². The van der Waals surface area contributed by atoms with E-state index in [2.05, 4.69) is 31.2 Å². The SMILES string of the molecule is CCCCCCCC[C@H]1CC[C@H](C2CCC(c3ccc(Oc4ccc([N+](=O)[O-])cc4)cc3)(c3ccc(Oc4ccc([N+](=O)[O-])cc4)cc3)CC2)CC1. The van der Waals surface area contributed by atoms with Crippen LogP contribution in [0.3, 0.4) is 0 Å². The molecule has 0 heterocycles. The van der Waals surface area contributed by atoms with Crippen molar-refractivity contribution in [3.05, 3.63) is 128 Å². The highest BCUT2D eigenvalue weighted by molar-refractivity contribution is 5.46. The molecule has 2 saturated carbocycles. The van der Waals surface area contributed by atoms with Gasteiger partial charge < -0.3 is 9.47 Å². The van der Waals surface area contributed by atoms with Gasteiger partial charge in [0, 0.05) is 29.7 Å². The van der Waals surface area contributed by atoms with Crippen LogP contribution >= 0.6 is 0 Å². The molecule has 0 amide bonds. The third-order valence-corrected chi connectivity index (χ3v) is 11.8. The molecule has 8 heteroatoms. The highest BCUT2D eigenvalue weighted by atomic mass is 16.6. The number of non-ortho nitro benzene ring substituents is 2. The summed E-state index contributed by atoms with van der Waals surface area (Å²) < 4.78 is 12.1. The molecule has 4 aromatic carbocycles. The molecule has 2 fully saturated rings. The Kier molecular flexibility index (Phi) is 12.6. The molecular formula is C44H52N2O6. The monoisotopic (exact) mass is 704 g/mol. The Balaban J connectivity index is 1.13. The number of hydrogen-bond acceptors (Lipinski definition) is 6. The quantitative estimate of drug-likeness (QED) is 0.0653. The van der Waals surface area contributed by atoms with E-state index in [-0.39, 0.29) is 16.8 Å². The molecule has 8 nitrogen and oxygen atoms in total. The Hall–Kier alpha value is -4.72. The zero-order valence-electron chi connectivity index (χ0n) is 30.4. The van der Waals surface area contributed by atoms with E-state index in [4.69, 9.17) is 9.47 Å².